The van der Waals surface area contributed by atoms with Gasteiger partial charge >= 0.3 is 5.97 Å². The fraction of sp³-hybridized carbons (Fsp3) is 0.227. The van der Waals surface area contributed by atoms with Crippen LogP contribution < -0.4 is 10.2 Å². The number of imide groups is 1. The Bertz CT molecular complexity index is 965. The lowest BCUT2D eigenvalue weighted by Gasteiger charge is -2.15. The number of nitrogens with one attached hydrogen (secondary N) is 1. The second-order valence-corrected chi connectivity index (χ2v) is 7.04. The maximum atomic E-state index is 12.8. The molecule has 0 saturated carbocycles. The molecule has 1 aliphatic rings. The van der Waals surface area contributed by atoms with Gasteiger partial charge in [0.25, 0.3) is 11.8 Å². The molecule has 7 heteroatoms. The van der Waals surface area contributed by atoms with Crippen molar-refractivity contribution in [1.29, 1.82) is 0 Å². The Hall–Kier alpha value is -3.12. The van der Waals surface area contributed by atoms with Crippen LogP contribution in [0, 0.1) is 6.92 Å². The molecule has 2 aromatic carbocycles. The van der Waals surface area contributed by atoms with Gasteiger partial charge in [-0.2, -0.15) is 0 Å². The van der Waals surface area contributed by atoms with Crippen LogP contribution in [0.25, 0.3) is 0 Å². The van der Waals surface area contributed by atoms with Crippen molar-refractivity contribution in [2.75, 3.05) is 16.8 Å². The summed E-state index contributed by atoms with van der Waals surface area (Å²) in [6.07, 6.45) is 1.72. The summed E-state index contributed by atoms with van der Waals surface area (Å²) < 4.78 is 5.16. The third-order valence-electron chi connectivity index (χ3n) is 4.44. The summed E-state index contributed by atoms with van der Waals surface area (Å²) in [7, 11) is 0. The van der Waals surface area contributed by atoms with Gasteiger partial charge in [0.1, 0.15) is 10.7 Å². The van der Waals surface area contributed by atoms with E-state index in [2.05, 4.69) is 5.32 Å². The Labute approximate surface area is 174 Å². The quantitative estimate of drug-likeness (QED) is 0.414. The predicted octanol–water partition coefficient (Wildman–Crippen LogP) is 4.39. The van der Waals surface area contributed by atoms with E-state index in [1.807, 2.05) is 26.0 Å². The zero-order valence-electron chi connectivity index (χ0n) is 16.2. The van der Waals surface area contributed by atoms with Crippen molar-refractivity contribution in [3.63, 3.8) is 0 Å². The van der Waals surface area contributed by atoms with Gasteiger partial charge in [-0.3, -0.25) is 9.59 Å². The average Bonchev–Trinajstić information content (AvgIpc) is 2.93. The van der Waals surface area contributed by atoms with E-state index in [1.165, 1.54) is 24.3 Å². The minimum atomic E-state index is -0.621. The Morgan fingerprint density at radius 1 is 1.03 bits per heavy atom. The molecule has 0 saturated heterocycles. The number of halogens is 1. The highest BCUT2D eigenvalue weighted by Gasteiger charge is 2.39. The van der Waals surface area contributed by atoms with Crippen LogP contribution in [0.1, 0.15) is 35.7 Å². The van der Waals surface area contributed by atoms with Crippen LogP contribution in [0.4, 0.5) is 11.4 Å². The Kier molecular flexibility index (Phi) is 6.34. The minimum Gasteiger partial charge on any atom is -0.462 e. The first-order valence-corrected chi connectivity index (χ1v) is 9.69. The van der Waals surface area contributed by atoms with Gasteiger partial charge in [0.2, 0.25) is 0 Å². The van der Waals surface area contributed by atoms with Crippen molar-refractivity contribution in [3.8, 4) is 0 Å². The molecule has 0 unspecified atom stereocenters. The second-order valence-electron chi connectivity index (χ2n) is 6.66. The van der Waals surface area contributed by atoms with Crippen molar-refractivity contribution in [2.45, 2.75) is 26.7 Å². The number of unbranched alkanes of at least 4 members (excludes halogenated alkanes) is 1. The molecule has 0 aromatic heterocycles. The molecule has 1 N–H and O–H groups in total. The molecule has 3 rings (SSSR count). The number of nitrogens with zero attached hydrogens (tertiary/aromatic N) is 1. The van der Waals surface area contributed by atoms with Gasteiger partial charge in [0.15, 0.2) is 0 Å². The van der Waals surface area contributed by atoms with Crippen LogP contribution in [0.5, 0.6) is 0 Å². The lowest BCUT2D eigenvalue weighted by atomic mass is 10.2. The Morgan fingerprint density at radius 2 is 1.69 bits per heavy atom. The first-order chi connectivity index (χ1) is 13.9. The largest absolute Gasteiger partial charge is 0.462 e. The molecule has 0 spiro atoms. The van der Waals surface area contributed by atoms with Gasteiger partial charge in [0, 0.05) is 5.69 Å². The number of carbonyl (C=O) groups is 3. The highest BCUT2D eigenvalue weighted by molar-refractivity contribution is 6.53. The normalized spacial score (nSPS) is 13.8. The molecule has 1 heterocycles. The van der Waals surface area contributed by atoms with E-state index in [4.69, 9.17) is 16.3 Å². The molecule has 2 aromatic rings. The maximum absolute atomic E-state index is 12.8. The van der Waals surface area contributed by atoms with Crippen molar-refractivity contribution in [2.24, 2.45) is 0 Å². The average molecular weight is 413 g/mol. The van der Waals surface area contributed by atoms with Crippen LogP contribution >= 0.6 is 11.6 Å². The summed E-state index contributed by atoms with van der Waals surface area (Å²) in [5.74, 6) is -1.62. The van der Waals surface area contributed by atoms with E-state index < -0.39 is 17.8 Å². The molecule has 2 amide bonds. The summed E-state index contributed by atoms with van der Waals surface area (Å²) in [6, 6.07) is 13.4. The first kappa shape index (κ1) is 20.6. The summed E-state index contributed by atoms with van der Waals surface area (Å²) >= 11 is 6.13. The van der Waals surface area contributed by atoms with Gasteiger partial charge in [-0.05, 0) is 49.7 Å². The van der Waals surface area contributed by atoms with Gasteiger partial charge in [-0.15, -0.1) is 0 Å². The van der Waals surface area contributed by atoms with Crippen LogP contribution in [-0.4, -0.2) is 24.4 Å². The molecule has 0 bridgehead atoms. The van der Waals surface area contributed by atoms with Gasteiger partial charge < -0.3 is 10.1 Å². The fourth-order valence-electron chi connectivity index (χ4n) is 2.77. The molecule has 0 radical (unpaired) electrons. The van der Waals surface area contributed by atoms with Gasteiger partial charge in [-0.25, -0.2) is 9.69 Å². The highest BCUT2D eigenvalue weighted by atomic mass is 35.5. The molecule has 6 nitrogen and oxygen atoms in total. The minimum absolute atomic E-state index is 0.0172. The number of anilines is 2. The van der Waals surface area contributed by atoms with E-state index in [0.29, 0.717) is 23.5 Å². The number of ether oxygens (including phenoxy) is 1. The monoisotopic (exact) mass is 412 g/mol. The number of rotatable bonds is 7. The van der Waals surface area contributed by atoms with E-state index in [0.717, 1.165) is 23.3 Å². The zero-order chi connectivity index (χ0) is 21.0. The number of carbonyl (C=O) groups excluding carboxylic acids is 3. The third-order valence-corrected chi connectivity index (χ3v) is 4.79. The van der Waals surface area contributed by atoms with E-state index in [1.54, 1.807) is 12.1 Å². The number of esters is 1. The van der Waals surface area contributed by atoms with Crippen LogP contribution in [0.15, 0.2) is 59.3 Å². The number of hydrogen-bond donors (Lipinski definition) is 1. The van der Waals surface area contributed by atoms with E-state index >= 15 is 0 Å². The number of benzene rings is 2. The van der Waals surface area contributed by atoms with E-state index in [9.17, 15) is 14.4 Å². The van der Waals surface area contributed by atoms with Gasteiger partial charge in [0.05, 0.1) is 17.9 Å². The van der Waals surface area contributed by atoms with Crippen molar-refractivity contribution in [3.05, 3.63) is 70.4 Å². The molecule has 150 valence electrons. The topological polar surface area (TPSA) is 75.7 Å². The lowest BCUT2D eigenvalue weighted by molar-refractivity contribution is -0.120. The molecule has 0 aliphatic carbocycles. The van der Waals surface area contributed by atoms with E-state index in [-0.39, 0.29) is 10.7 Å². The fourth-order valence-corrected chi connectivity index (χ4v) is 2.98. The summed E-state index contributed by atoms with van der Waals surface area (Å²) in [5, 5.41) is 2.74. The molecule has 29 heavy (non-hydrogen) atoms. The Morgan fingerprint density at radius 3 is 2.31 bits per heavy atom. The maximum Gasteiger partial charge on any atom is 0.338 e. The Balaban J connectivity index is 1.75. The third kappa shape index (κ3) is 4.49. The number of hydrogen-bond acceptors (Lipinski definition) is 5. The van der Waals surface area contributed by atoms with Crippen molar-refractivity contribution < 1.29 is 19.1 Å². The van der Waals surface area contributed by atoms with Crippen LogP contribution in [-0.2, 0) is 14.3 Å². The number of aryl methyl sites for hydroxylation is 1. The van der Waals surface area contributed by atoms with Crippen LogP contribution in [0.2, 0.25) is 0 Å². The first-order valence-electron chi connectivity index (χ1n) is 9.31. The van der Waals surface area contributed by atoms with Gasteiger partial charge in [-0.1, -0.05) is 42.6 Å². The second kappa shape index (κ2) is 8.92. The highest BCUT2D eigenvalue weighted by Crippen LogP contribution is 2.30. The zero-order valence-corrected chi connectivity index (χ0v) is 17.0. The van der Waals surface area contributed by atoms with Crippen molar-refractivity contribution in [1.82, 2.24) is 0 Å². The summed E-state index contributed by atoms with van der Waals surface area (Å²) in [4.78, 5) is 38.3. The molecule has 1 aliphatic heterocycles. The lowest BCUT2D eigenvalue weighted by Crippen LogP contribution is -2.32. The molecule has 0 fully saturated rings. The number of amides is 2. The summed E-state index contributed by atoms with van der Waals surface area (Å²) in [5.41, 5.74) is 2.41. The predicted molar refractivity (Wildman–Crippen MR) is 112 cm³/mol. The smallest absolute Gasteiger partial charge is 0.338 e. The van der Waals surface area contributed by atoms with Crippen molar-refractivity contribution >= 4 is 40.8 Å². The SMILES string of the molecule is CCCCOC(=O)c1ccc(N2C(=O)C(Cl)=C(Nc3ccc(C)cc3)C2=O)cc1. The molecule has 0 atom stereocenters. The van der Waals surface area contributed by atoms with Crippen LogP contribution in [0.3, 0.4) is 0 Å². The standard InChI is InChI=1S/C22H21ClN2O4/c1-3-4-13-29-22(28)15-7-11-17(12-8-15)25-20(26)18(23)19(21(25)27)24-16-9-5-14(2)6-10-16/h5-12,24H,3-4,13H2,1-2H3. The summed E-state index contributed by atoms with van der Waals surface area (Å²) in [6.45, 7) is 4.31. The molecular formula is C22H21ClN2O4. The molecular weight excluding hydrogens is 392 g/mol.